The fourth-order valence-electron chi connectivity index (χ4n) is 2.85. The molecule has 10 heteroatoms. The zero-order valence-corrected chi connectivity index (χ0v) is 18.1. The van der Waals surface area contributed by atoms with Crippen LogP contribution in [0.1, 0.15) is 9.67 Å². The van der Waals surface area contributed by atoms with Gasteiger partial charge >= 0.3 is 17.9 Å². The predicted octanol–water partition coefficient (Wildman–Crippen LogP) is 3.96. The maximum atomic E-state index is 14.3. The first-order valence-electron chi connectivity index (χ1n) is 9.09. The van der Waals surface area contributed by atoms with E-state index in [1.807, 2.05) is 0 Å². The number of rotatable bonds is 6. The smallest absolute Gasteiger partial charge is 0.355 e. The minimum Gasteiger partial charge on any atom is -0.465 e. The number of benzene rings is 1. The second-order valence-corrected chi connectivity index (χ2v) is 7.05. The van der Waals surface area contributed by atoms with Gasteiger partial charge in [0.2, 0.25) is 0 Å². The minimum absolute atomic E-state index is 0.0776. The summed E-state index contributed by atoms with van der Waals surface area (Å²) in [7, 11) is 3.56. The largest absolute Gasteiger partial charge is 0.465 e. The molecule has 1 aliphatic rings. The Kier molecular flexibility index (Phi) is 7.06. The van der Waals surface area contributed by atoms with Gasteiger partial charge in [-0.2, -0.15) is 0 Å². The molecule has 1 aromatic heterocycles. The number of hydrogen-bond acceptors (Lipinski definition) is 9. The van der Waals surface area contributed by atoms with E-state index < -0.39 is 23.7 Å². The highest BCUT2D eigenvalue weighted by atomic mass is 32.1. The molecule has 0 amide bonds. The Morgan fingerprint density at radius 1 is 0.906 bits per heavy atom. The van der Waals surface area contributed by atoms with Crippen LogP contribution in [-0.2, 0) is 23.8 Å². The topological polar surface area (TPSA) is 91.4 Å². The maximum absolute atomic E-state index is 14.3. The lowest BCUT2D eigenvalue weighted by Crippen LogP contribution is -2.27. The fourth-order valence-corrected chi connectivity index (χ4v) is 3.59. The first kappa shape index (κ1) is 22.8. The van der Waals surface area contributed by atoms with Crippen molar-refractivity contribution in [2.75, 3.05) is 26.2 Å². The minimum atomic E-state index is -0.859. The van der Waals surface area contributed by atoms with E-state index in [0.29, 0.717) is 0 Å². The average Bonchev–Trinajstić information content (AvgIpc) is 3.15. The van der Waals surface area contributed by atoms with Crippen molar-refractivity contribution in [3.8, 4) is 11.5 Å². The van der Waals surface area contributed by atoms with Crippen molar-refractivity contribution >= 4 is 34.9 Å². The van der Waals surface area contributed by atoms with Gasteiger partial charge in [-0.1, -0.05) is 6.08 Å². The quantitative estimate of drug-likeness (QED) is 0.474. The highest BCUT2D eigenvalue weighted by molar-refractivity contribution is 7.12. The number of ether oxygens (including phenoxy) is 4. The summed E-state index contributed by atoms with van der Waals surface area (Å²) in [4.78, 5) is 38.4. The van der Waals surface area contributed by atoms with Crippen LogP contribution >= 0.6 is 11.3 Å². The Hall–Kier alpha value is -3.92. The van der Waals surface area contributed by atoms with E-state index in [1.165, 1.54) is 49.6 Å². The Morgan fingerprint density at radius 3 is 2.31 bits per heavy atom. The zero-order chi connectivity index (χ0) is 23.3. The molecule has 0 bridgehead atoms. The number of carbonyl (C=O) groups excluding carboxylic acids is 3. The van der Waals surface area contributed by atoms with Gasteiger partial charge in [0.25, 0.3) is 0 Å². The molecule has 3 rings (SSSR count). The number of thiophene rings is 1. The van der Waals surface area contributed by atoms with Crippen LogP contribution in [0.5, 0.6) is 11.5 Å². The molecule has 2 aromatic rings. The number of anilines is 1. The number of hydrogen-bond donors (Lipinski definition) is 0. The van der Waals surface area contributed by atoms with Crippen molar-refractivity contribution in [1.82, 2.24) is 0 Å². The van der Waals surface area contributed by atoms with Gasteiger partial charge in [-0.25, -0.2) is 18.8 Å². The van der Waals surface area contributed by atoms with Crippen LogP contribution in [0.4, 0.5) is 10.1 Å². The molecule has 0 saturated heterocycles. The first-order valence-corrected chi connectivity index (χ1v) is 9.97. The molecule has 8 nitrogen and oxygen atoms in total. The molecule has 0 radical (unpaired) electrons. The number of carbonyl (C=O) groups is 3. The third-order valence-corrected chi connectivity index (χ3v) is 5.17. The van der Waals surface area contributed by atoms with E-state index in [4.69, 9.17) is 18.9 Å². The van der Waals surface area contributed by atoms with Gasteiger partial charge in [0.1, 0.15) is 11.5 Å². The van der Waals surface area contributed by atoms with E-state index in [9.17, 15) is 18.8 Å². The molecule has 32 heavy (non-hydrogen) atoms. The number of methoxy groups -OCH3 is 3. The van der Waals surface area contributed by atoms with Gasteiger partial charge in [-0.05, 0) is 35.7 Å². The van der Waals surface area contributed by atoms with Crippen molar-refractivity contribution in [2.45, 2.75) is 0 Å². The Labute approximate surface area is 186 Å². The van der Waals surface area contributed by atoms with E-state index in [1.54, 1.807) is 11.4 Å². The lowest BCUT2D eigenvalue weighted by molar-refractivity contribution is -0.139. The summed E-state index contributed by atoms with van der Waals surface area (Å²) >= 11 is 1.11. The average molecular weight is 459 g/mol. The summed E-state index contributed by atoms with van der Waals surface area (Å²) in [5.41, 5.74) is -0.238. The van der Waals surface area contributed by atoms with Gasteiger partial charge in [0, 0.05) is 12.3 Å². The third kappa shape index (κ3) is 4.54. The summed E-state index contributed by atoms with van der Waals surface area (Å²) in [5, 5.41) is 1.63. The van der Waals surface area contributed by atoms with Crippen molar-refractivity contribution in [1.29, 1.82) is 0 Å². The number of halogens is 1. The number of nitrogens with zero attached hydrogens (tertiary/aromatic N) is 1. The van der Waals surface area contributed by atoms with E-state index >= 15 is 0 Å². The highest BCUT2D eigenvalue weighted by Gasteiger charge is 2.29. The molecule has 0 N–H and O–H groups in total. The Morgan fingerprint density at radius 2 is 1.62 bits per heavy atom. The SMILES string of the molecule is COC(=O)C1=C(C(=O)OC)N(c2cc(F)ccc2Oc2ccsc2C(=O)OC)C=CC=C1. The van der Waals surface area contributed by atoms with Gasteiger partial charge in [0.05, 0.1) is 32.6 Å². The van der Waals surface area contributed by atoms with Gasteiger partial charge in [-0.15, -0.1) is 11.3 Å². The molecule has 0 atom stereocenters. The molecular weight excluding hydrogens is 441 g/mol. The number of allylic oxidation sites excluding steroid dienone is 2. The molecule has 0 fully saturated rings. The molecule has 1 aliphatic heterocycles. The molecule has 0 spiro atoms. The van der Waals surface area contributed by atoms with Gasteiger partial charge in [0.15, 0.2) is 16.4 Å². The Balaban J connectivity index is 2.17. The van der Waals surface area contributed by atoms with E-state index in [2.05, 4.69) is 0 Å². The molecule has 0 unspecified atom stereocenters. The standard InChI is InChI=1S/C22H18FNO7S/c1-28-20(25)14-6-4-5-10-24(18(14)21(26)29-2)15-12-13(23)7-8-16(15)31-17-9-11-32-19(17)22(27)30-3/h4-12H,1-3H3. The van der Waals surface area contributed by atoms with Crippen LogP contribution in [0.3, 0.4) is 0 Å². The van der Waals surface area contributed by atoms with E-state index in [0.717, 1.165) is 30.6 Å². The van der Waals surface area contributed by atoms with E-state index in [-0.39, 0.29) is 33.3 Å². The molecule has 2 heterocycles. The van der Waals surface area contributed by atoms with Crippen LogP contribution in [0.25, 0.3) is 0 Å². The summed E-state index contributed by atoms with van der Waals surface area (Å²) in [6, 6.07) is 5.17. The second kappa shape index (κ2) is 9.92. The summed E-state index contributed by atoms with van der Waals surface area (Å²) in [5.74, 6) is -2.58. The monoisotopic (exact) mass is 459 g/mol. The van der Waals surface area contributed by atoms with Crippen LogP contribution in [0.2, 0.25) is 0 Å². The predicted molar refractivity (Wildman–Crippen MR) is 114 cm³/mol. The molecule has 0 saturated carbocycles. The highest BCUT2D eigenvalue weighted by Crippen LogP contribution is 2.39. The van der Waals surface area contributed by atoms with Crippen molar-refractivity contribution in [2.24, 2.45) is 0 Å². The molecule has 1 aromatic carbocycles. The maximum Gasteiger partial charge on any atom is 0.355 e. The fraction of sp³-hybridized carbons (Fsp3) is 0.136. The van der Waals surface area contributed by atoms with Crippen molar-refractivity contribution in [3.63, 3.8) is 0 Å². The van der Waals surface area contributed by atoms with Crippen molar-refractivity contribution < 1.29 is 37.7 Å². The summed E-state index contributed by atoms with van der Waals surface area (Å²) in [6.45, 7) is 0. The normalized spacial score (nSPS) is 12.9. The van der Waals surface area contributed by atoms with Crippen molar-refractivity contribution in [3.05, 3.63) is 76.0 Å². The number of esters is 3. The zero-order valence-electron chi connectivity index (χ0n) is 17.3. The summed E-state index contributed by atoms with van der Waals surface area (Å²) < 4.78 is 34.5. The van der Waals surface area contributed by atoms with Gasteiger partial charge in [-0.3, -0.25) is 0 Å². The van der Waals surface area contributed by atoms with Crippen LogP contribution < -0.4 is 9.64 Å². The molecule has 0 aliphatic carbocycles. The lowest BCUT2D eigenvalue weighted by Gasteiger charge is -2.25. The molecular formula is C22H18FNO7S. The summed E-state index contributed by atoms with van der Waals surface area (Å²) in [6.07, 6.45) is 5.87. The third-order valence-electron chi connectivity index (χ3n) is 4.29. The Bertz CT molecular complexity index is 1150. The molecule has 166 valence electrons. The van der Waals surface area contributed by atoms with Crippen LogP contribution in [0, 0.1) is 5.82 Å². The lowest BCUT2D eigenvalue weighted by atomic mass is 10.1. The second-order valence-electron chi connectivity index (χ2n) is 6.14. The van der Waals surface area contributed by atoms with Crippen LogP contribution in [0.15, 0.2) is 65.3 Å². The first-order chi connectivity index (χ1) is 15.4. The van der Waals surface area contributed by atoms with Crippen LogP contribution in [-0.4, -0.2) is 39.2 Å². The van der Waals surface area contributed by atoms with Gasteiger partial charge < -0.3 is 23.8 Å².